The van der Waals surface area contributed by atoms with Crippen molar-refractivity contribution >= 4 is 29.4 Å². The summed E-state index contributed by atoms with van der Waals surface area (Å²) in [6, 6.07) is 7.82. The molecule has 1 aromatic carbocycles. The summed E-state index contributed by atoms with van der Waals surface area (Å²) in [5.41, 5.74) is 1.29. The van der Waals surface area contributed by atoms with Gasteiger partial charge < -0.3 is 10.1 Å². The van der Waals surface area contributed by atoms with E-state index in [0.717, 1.165) is 6.20 Å². The Morgan fingerprint density at radius 3 is 2.89 bits per heavy atom. The molecule has 0 atom stereocenters. The van der Waals surface area contributed by atoms with Crippen LogP contribution in [0.4, 0.5) is 15.9 Å². The van der Waals surface area contributed by atoms with Crippen LogP contribution in [-0.2, 0) is 43.9 Å². The summed E-state index contributed by atoms with van der Waals surface area (Å²) in [7, 11) is 0. The van der Waals surface area contributed by atoms with Gasteiger partial charge in [-0.3, -0.25) is 6.29 Å². The fraction of sp³-hybridized carbons (Fsp3) is 0.0833. The zero-order valence-corrected chi connectivity index (χ0v) is 13.2. The molecular weight excluding hydrogens is 346 g/mol. The van der Waals surface area contributed by atoms with Crippen LogP contribution in [0.2, 0.25) is 5.28 Å². The second-order valence-corrected chi connectivity index (χ2v) is 3.72. The number of rotatable bonds is 4. The van der Waals surface area contributed by atoms with Crippen molar-refractivity contribution in [3.63, 3.8) is 0 Å². The predicted octanol–water partition coefficient (Wildman–Crippen LogP) is 2.46. The van der Waals surface area contributed by atoms with Crippen molar-refractivity contribution in [1.82, 2.24) is 9.97 Å². The number of hydrogen-bond acceptors (Lipinski definition) is 4. The van der Waals surface area contributed by atoms with Gasteiger partial charge in [-0.05, 0) is 11.6 Å². The van der Waals surface area contributed by atoms with E-state index in [1.165, 1.54) is 0 Å². The van der Waals surface area contributed by atoms with Gasteiger partial charge in [0.25, 0.3) is 0 Å². The molecule has 0 bridgehead atoms. The van der Waals surface area contributed by atoms with E-state index in [4.69, 9.17) is 11.6 Å². The number of benzene rings is 1. The first kappa shape index (κ1) is 16.1. The fourth-order valence-corrected chi connectivity index (χ4v) is 1.43. The fourth-order valence-electron chi connectivity index (χ4n) is 1.29. The van der Waals surface area contributed by atoms with Gasteiger partial charge in [0.2, 0.25) is 5.28 Å². The van der Waals surface area contributed by atoms with Crippen LogP contribution in [0.1, 0.15) is 5.56 Å². The number of nitrogens with zero attached hydrogens (tertiary/aromatic N) is 2. The van der Waals surface area contributed by atoms with E-state index in [2.05, 4.69) is 21.4 Å². The molecule has 1 aromatic heterocycles. The summed E-state index contributed by atoms with van der Waals surface area (Å²) in [6.45, 7) is 0. The van der Waals surface area contributed by atoms with E-state index in [-0.39, 0.29) is 50.2 Å². The molecule has 0 amide bonds. The predicted molar refractivity (Wildman–Crippen MR) is 65.0 cm³/mol. The summed E-state index contributed by atoms with van der Waals surface area (Å²) in [5, 5.41) is 2.70. The number of nitrogens with one attached hydrogen (secondary N) is 1. The van der Waals surface area contributed by atoms with Crippen molar-refractivity contribution in [3.05, 3.63) is 47.1 Å². The minimum absolute atomic E-state index is 0. The molecular formula is C12H7ClFN3OY-2. The van der Waals surface area contributed by atoms with Gasteiger partial charge >= 0.3 is 0 Å². The van der Waals surface area contributed by atoms with E-state index < -0.39 is 5.82 Å². The molecule has 0 aliphatic rings. The second kappa shape index (κ2) is 7.63. The van der Waals surface area contributed by atoms with Crippen LogP contribution >= 0.6 is 11.6 Å². The van der Waals surface area contributed by atoms with Crippen molar-refractivity contribution in [2.75, 3.05) is 5.32 Å². The average molecular weight is 353 g/mol. The number of carbonyl (C=O) groups excluding carboxylic acids is 1. The molecule has 2 rings (SSSR count). The average Bonchev–Trinajstić information content (AvgIpc) is 2.37. The normalized spacial score (nSPS) is 9.58. The van der Waals surface area contributed by atoms with E-state index in [0.29, 0.717) is 11.3 Å². The summed E-state index contributed by atoms with van der Waals surface area (Å²) >= 11 is 5.57. The maximum atomic E-state index is 13.3. The molecule has 0 fully saturated rings. The van der Waals surface area contributed by atoms with Gasteiger partial charge in [0.1, 0.15) is 0 Å². The van der Waals surface area contributed by atoms with Crippen LogP contribution in [0.25, 0.3) is 0 Å². The minimum atomic E-state index is -0.607. The van der Waals surface area contributed by atoms with Crippen LogP contribution in [0.3, 0.4) is 0 Å². The zero-order chi connectivity index (χ0) is 13.0. The third kappa shape index (κ3) is 4.60. The molecule has 0 spiro atoms. The van der Waals surface area contributed by atoms with E-state index in [1.807, 2.05) is 0 Å². The molecule has 7 heteroatoms. The monoisotopic (exact) mass is 352 g/mol. The molecule has 0 saturated heterocycles. The maximum absolute atomic E-state index is 13.3. The van der Waals surface area contributed by atoms with Crippen LogP contribution in [-0.4, -0.2) is 16.3 Å². The molecule has 0 aliphatic heterocycles. The van der Waals surface area contributed by atoms with Gasteiger partial charge in [0, 0.05) is 32.7 Å². The van der Waals surface area contributed by atoms with Crippen LogP contribution in [0, 0.1) is 11.9 Å². The zero-order valence-electron chi connectivity index (χ0n) is 9.65. The molecule has 0 aliphatic carbocycles. The number of aromatic nitrogens is 2. The molecule has 2 aromatic rings. The van der Waals surface area contributed by atoms with Crippen LogP contribution < -0.4 is 5.32 Å². The van der Waals surface area contributed by atoms with Gasteiger partial charge in [-0.1, -0.05) is 5.69 Å². The van der Waals surface area contributed by atoms with Gasteiger partial charge in [0.15, 0.2) is 11.6 Å². The Bertz CT molecular complexity index is 565. The number of hydrogen-bond donors (Lipinski definition) is 1. The molecule has 95 valence electrons. The van der Waals surface area contributed by atoms with Gasteiger partial charge in [-0.25, -0.2) is 9.37 Å². The molecule has 4 nitrogen and oxygen atoms in total. The van der Waals surface area contributed by atoms with Crippen molar-refractivity contribution in [1.29, 1.82) is 0 Å². The summed E-state index contributed by atoms with van der Waals surface area (Å²) in [5.74, 6) is -0.622. The Morgan fingerprint density at radius 2 is 2.26 bits per heavy atom. The molecule has 0 saturated carbocycles. The Hall–Kier alpha value is -0.906. The summed E-state index contributed by atoms with van der Waals surface area (Å²) < 4.78 is 13.3. The summed E-state index contributed by atoms with van der Waals surface area (Å²) in [4.78, 5) is 17.4. The van der Waals surface area contributed by atoms with Crippen molar-refractivity contribution in [2.24, 2.45) is 0 Å². The van der Waals surface area contributed by atoms with Crippen molar-refractivity contribution in [3.8, 4) is 0 Å². The second-order valence-electron chi connectivity index (χ2n) is 3.38. The number of anilines is 2. The standard InChI is InChI=1S/C12H7ClFN3O.Y/c13-12-15-7-10(14)11(17-12)16-9-3-1-8(2-4-9)5-6-18;/h1,3-4,7H,5H2,(H,15,16,17);/q-2;. The van der Waals surface area contributed by atoms with Crippen molar-refractivity contribution < 1.29 is 41.9 Å². The van der Waals surface area contributed by atoms with Gasteiger partial charge in [-0.2, -0.15) is 28.7 Å². The van der Waals surface area contributed by atoms with Crippen molar-refractivity contribution in [2.45, 2.75) is 6.42 Å². The van der Waals surface area contributed by atoms with Gasteiger partial charge in [0.05, 0.1) is 6.20 Å². The van der Waals surface area contributed by atoms with E-state index in [9.17, 15) is 9.18 Å². The molecule has 1 heterocycles. The van der Waals surface area contributed by atoms with Crippen LogP contribution in [0.15, 0.2) is 24.4 Å². The first-order chi connectivity index (χ1) is 8.69. The van der Waals surface area contributed by atoms with Crippen LogP contribution in [0.5, 0.6) is 0 Å². The quantitative estimate of drug-likeness (QED) is 0.678. The Labute approximate surface area is 139 Å². The smallest absolute Gasteiger partial charge is 0.224 e. The first-order valence-corrected chi connectivity index (χ1v) is 5.37. The first-order valence-electron chi connectivity index (χ1n) is 4.99. The Morgan fingerprint density at radius 1 is 1.47 bits per heavy atom. The molecule has 1 N–H and O–H groups in total. The number of halogens is 2. The third-order valence-corrected chi connectivity index (χ3v) is 2.30. The Kier molecular flexibility index (Phi) is 6.48. The van der Waals surface area contributed by atoms with E-state index >= 15 is 0 Å². The van der Waals surface area contributed by atoms with Gasteiger partial charge in [-0.15, -0.1) is 12.5 Å². The maximum Gasteiger partial charge on any atom is 0.224 e. The SMILES string of the molecule is O=[C-]Cc1[c-]cc(Nc2nc(Cl)ncc2F)cc1.[Y]. The minimum Gasteiger partial charge on any atom is -0.542 e. The third-order valence-electron chi connectivity index (χ3n) is 2.12. The summed E-state index contributed by atoms with van der Waals surface area (Å²) in [6.07, 6.45) is 2.93. The topological polar surface area (TPSA) is 54.9 Å². The van der Waals surface area contributed by atoms with E-state index in [1.54, 1.807) is 24.5 Å². The molecule has 19 heavy (non-hydrogen) atoms. The Balaban J connectivity index is 0.00000180. The largest absolute Gasteiger partial charge is 0.542 e. The molecule has 0 unspecified atom stereocenters. The molecule has 1 radical (unpaired) electrons.